The van der Waals surface area contributed by atoms with Crippen molar-refractivity contribution in [1.82, 2.24) is 10.5 Å². The molecule has 1 heterocycles. The van der Waals surface area contributed by atoms with Crippen LogP contribution in [0.4, 0.5) is 0 Å². The van der Waals surface area contributed by atoms with Crippen LogP contribution in [0, 0.1) is 6.92 Å². The van der Waals surface area contributed by atoms with Crippen LogP contribution >= 0.6 is 0 Å². The molecule has 0 unspecified atom stereocenters. The van der Waals surface area contributed by atoms with Gasteiger partial charge in [0.25, 0.3) is 0 Å². The normalized spacial score (nSPS) is 10.4. The Hall–Kier alpha value is -2.30. The first-order chi connectivity index (χ1) is 9.15. The second-order valence-corrected chi connectivity index (χ2v) is 4.33. The van der Waals surface area contributed by atoms with E-state index in [0.29, 0.717) is 24.4 Å². The Bertz CT molecular complexity index is 563. The van der Waals surface area contributed by atoms with E-state index >= 15 is 0 Å². The van der Waals surface area contributed by atoms with Gasteiger partial charge in [0.2, 0.25) is 5.91 Å². The Labute approximate surface area is 111 Å². The van der Waals surface area contributed by atoms with Gasteiger partial charge >= 0.3 is 0 Å². The highest BCUT2D eigenvalue weighted by Crippen LogP contribution is 2.15. The zero-order valence-electron chi connectivity index (χ0n) is 10.7. The number of nitrogens with one attached hydrogen (secondary N) is 1. The third-order valence-corrected chi connectivity index (χ3v) is 2.73. The lowest BCUT2D eigenvalue weighted by atomic mass is 10.1. The number of carbonyl (C=O) groups is 1. The summed E-state index contributed by atoms with van der Waals surface area (Å²) in [6.45, 7) is 2.26. The van der Waals surface area contributed by atoms with Crippen LogP contribution in [0.1, 0.15) is 17.0 Å². The Morgan fingerprint density at radius 2 is 2.21 bits per heavy atom. The van der Waals surface area contributed by atoms with E-state index in [1.54, 1.807) is 25.1 Å². The van der Waals surface area contributed by atoms with Crippen molar-refractivity contribution < 1.29 is 14.4 Å². The number of hydrogen-bond acceptors (Lipinski definition) is 4. The van der Waals surface area contributed by atoms with Gasteiger partial charge < -0.3 is 14.9 Å². The van der Waals surface area contributed by atoms with E-state index in [0.717, 1.165) is 5.56 Å². The van der Waals surface area contributed by atoms with Crippen LogP contribution in [0.3, 0.4) is 0 Å². The molecule has 0 aliphatic rings. The Balaban J connectivity index is 1.77. The van der Waals surface area contributed by atoms with Crippen LogP contribution in [0.15, 0.2) is 34.9 Å². The van der Waals surface area contributed by atoms with Crippen molar-refractivity contribution in [1.29, 1.82) is 0 Å². The van der Waals surface area contributed by atoms with E-state index in [1.807, 2.05) is 12.1 Å². The van der Waals surface area contributed by atoms with Crippen molar-refractivity contribution in [3.05, 3.63) is 47.3 Å². The molecular formula is C14H16N2O3. The lowest BCUT2D eigenvalue weighted by molar-refractivity contribution is -0.120. The van der Waals surface area contributed by atoms with E-state index in [9.17, 15) is 9.90 Å². The van der Waals surface area contributed by atoms with Gasteiger partial charge in [0.05, 0.1) is 12.1 Å². The molecule has 0 radical (unpaired) electrons. The largest absolute Gasteiger partial charge is 0.508 e. The molecule has 0 saturated heterocycles. The fourth-order valence-corrected chi connectivity index (χ4v) is 1.79. The van der Waals surface area contributed by atoms with Crippen molar-refractivity contribution >= 4 is 5.91 Å². The summed E-state index contributed by atoms with van der Waals surface area (Å²) in [7, 11) is 0. The summed E-state index contributed by atoms with van der Waals surface area (Å²) in [5.74, 6) is 0.838. The van der Waals surface area contributed by atoms with Gasteiger partial charge in [-0.3, -0.25) is 4.79 Å². The third kappa shape index (κ3) is 3.84. The maximum atomic E-state index is 11.6. The van der Waals surface area contributed by atoms with Crippen LogP contribution in [0.5, 0.6) is 5.75 Å². The molecule has 1 aromatic heterocycles. The molecule has 1 aromatic carbocycles. The van der Waals surface area contributed by atoms with Crippen LogP contribution in [0.25, 0.3) is 0 Å². The van der Waals surface area contributed by atoms with Gasteiger partial charge in [-0.05, 0) is 25.0 Å². The van der Waals surface area contributed by atoms with Crippen molar-refractivity contribution in [2.45, 2.75) is 19.8 Å². The number of phenols is 1. The predicted molar refractivity (Wildman–Crippen MR) is 69.8 cm³/mol. The topological polar surface area (TPSA) is 75.4 Å². The number of aromatic nitrogens is 1. The summed E-state index contributed by atoms with van der Waals surface area (Å²) in [4.78, 5) is 11.6. The molecule has 0 fully saturated rings. The fraction of sp³-hybridized carbons (Fsp3) is 0.286. The van der Waals surface area contributed by atoms with E-state index in [-0.39, 0.29) is 18.1 Å². The maximum Gasteiger partial charge on any atom is 0.226 e. The molecule has 100 valence electrons. The quantitative estimate of drug-likeness (QED) is 0.856. The SMILES string of the molecule is Cc1cc(CC(=O)NCCc2ccccc2O)no1. The van der Waals surface area contributed by atoms with E-state index < -0.39 is 0 Å². The number of aromatic hydroxyl groups is 1. The minimum atomic E-state index is -0.108. The summed E-state index contributed by atoms with van der Waals surface area (Å²) in [6.07, 6.45) is 0.800. The molecule has 0 aliphatic carbocycles. The second-order valence-electron chi connectivity index (χ2n) is 4.33. The van der Waals surface area contributed by atoms with Crippen molar-refractivity contribution in [3.8, 4) is 5.75 Å². The van der Waals surface area contributed by atoms with Crippen LogP contribution in [-0.4, -0.2) is 22.7 Å². The summed E-state index contributed by atoms with van der Waals surface area (Å²) < 4.78 is 4.89. The Kier molecular flexibility index (Phi) is 4.18. The summed E-state index contributed by atoms with van der Waals surface area (Å²) in [5.41, 5.74) is 1.44. The highest BCUT2D eigenvalue weighted by molar-refractivity contribution is 5.78. The maximum absolute atomic E-state index is 11.6. The molecule has 0 aliphatic heterocycles. The lowest BCUT2D eigenvalue weighted by Crippen LogP contribution is -2.27. The Morgan fingerprint density at radius 1 is 1.42 bits per heavy atom. The number of carbonyl (C=O) groups excluding carboxylic acids is 1. The number of phenolic OH excluding ortho intramolecular Hbond substituents is 1. The zero-order valence-corrected chi connectivity index (χ0v) is 10.7. The molecule has 0 saturated carbocycles. The highest BCUT2D eigenvalue weighted by atomic mass is 16.5. The Morgan fingerprint density at radius 3 is 2.89 bits per heavy atom. The van der Waals surface area contributed by atoms with Gasteiger partial charge in [-0.1, -0.05) is 23.4 Å². The molecule has 5 nitrogen and oxygen atoms in total. The number of hydrogen-bond donors (Lipinski definition) is 2. The van der Waals surface area contributed by atoms with Gasteiger partial charge in [0, 0.05) is 12.6 Å². The summed E-state index contributed by atoms with van der Waals surface area (Å²) in [6, 6.07) is 8.83. The van der Waals surface area contributed by atoms with Gasteiger partial charge in [-0.15, -0.1) is 0 Å². The number of nitrogens with zero attached hydrogens (tertiary/aromatic N) is 1. The molecule has 19 heavy (non-hydrogen) atoms. The van der Waals surface area contributed by atoms with E-state index in [2.05, 4.69) is 10.5 Å². The van der Waals surface area contributed by atoms with Crippen molar-refractivity contribution in [2.75, 3.05) is 6.54 Å². The first-order valence-corrected chi connectivity index (χ1v) is 6.11. The van der Waals surface area contributed by atoms with Crippen LogP contribution < -0.4 is 5.32 Å². The molecule has 2 rings (SSSR count). The average molecular weight is 260 g/mol. The molecule has 0 atom stereocenters. The van der Waals surface area contributed by atoms with E-state index in [4.69, 9.17) is 4.52 Å². The van der Waals surface area contributed by atoms with Crippen molar-refractivity contribution in [2.24, 2.45) is 0 Å². The fourth-order valence-electron chi connectivity index (χ4n) is 1.79. The van der Waals surface area contributed by atoms with Gasteiger partial charge in [0.15, 0.2) is 0 Å². The van der Waals surface area contributed by atoms with Gasteiger partial charge in [-0.25, -0.2) is 0 Å². The molecule has 2 N–H and O–H groups in total. The van der Waals surface area contributed by atoms with E-state index in [1.165, 1.54) is 0 Å². The molecule has 2 aromatic rings. The molecule has 5 heteroatoms. The predicted octanol–water partition coefficient (Wildman–Crippen LogP) is 1.59. The number of amides is 1. The monoisotopic (exact) mass is 260 g/mol. The minimum absolute atomic E-state index is 0.108. The summed E-state index contributed by atoms with van der Waals surface area (Å²) >= 11 is 0. The first kappa shape index (κ1) is 13.1. The smallest absolute Gasteiger partial charge is 0.226 e. The number of aryl methyl sites for hydroxylation is 1. The minimum Gasteiger partial charge on any atom is -0.508 e. The van der Waals surface area contributed by atoms with Crippen molar-refractivity contribution in [3.63, 3.8) is 0 Å². The van der Waals surface area contributed by atoms with Crippen LogP contribution in [-0.2, 0) is 17.6 Å². The average Bonchev–Trinajstić information content (AvgIpc) is 2.77. The first-order valence-electron chi connectivity index (χ1n) is 6.11. The summed E-state index contributed by atoms with van der Waals surface area (Å²) in [5, 5.41) is 16.1. The molecular weight excluding hydrogens is 244 g/mol. The molecule has 0 bridgehead atoms. The number of benzene rings is 1. The third-order valence-electron chi connectivity index (χ3n) is 2.73. The molecule has 1 amide bonds. The van der Waals surface area contributed by atoms with Gasteiger partial charge in [0.1, 0.15) is 11.5 Å². The second kappa shape index (κ2) is 6.04. The standard InChI is InChI=1S/C14H16N2O3/c1-10-8-12(16-19-10)9-14(18)15-7-6-11-4-2-3-5-13(11)17/h2-5,8,17H,6-7,9H2,1H3,(H,15,18). The highest BCUT2D eigenvalue weighted by Gasteiger charge is 2.07. The number of para-hydroxylation sites is 1. The zero-order chi connectivity index (χ0) is 13.7. The van der Waals surface area contributed by atoms with Crippen LogP contribution in [0.2, 0.25) is 0 Å². The molecule has 0 spiro atoms. The van der Waals surface area contributed by atoms with Gasteiger partial charge in [-0.2, -0.15) is 0 Å². The lowest BCUT2D eigenvalue weighted by Gasteiger charge is -2.05. The number of rotatable bonds is 5.